The van der Waals surface area contributed by atoms with Crippen molar-refractivity contribution in [1.29, 1.82) is 0 Å². The topological polar surface area (TPSA) is 46.5 Å². The Morgan fingerprint density at radius 3 is 2.46 bits per heavy atom. The second-order valence-corrected chi connectivity index (χ2v) is 9.37. The van der Waals surface area contributed by atoms with Crippen molar-refractivity contribution in [2.75, 3.05) is 7.11 Å². The molecule has 1 atom stereocenters. The molecule has 0 aliphatic rings. The normalized spacial score (nSPS) is 14.0. The van der Waals surface area contributed by atoms with Gasteiger partial charge in [0, 0.05) is 21.4 Å². The summed E-state index contributed by atoms with van der Waals surface area (Å²) in [5.74, 6) is 0.813. The van der Waals surface area contributed by atoms with Gasteiger partial charge in [-0.1, -0.05) is 34.6 Å². The number of carbonyl (C=O) groups is 1. The van der Waals surface area contributed by atoms with Gasteiger partial charge in [-0.05, 0) is 41.0 Å². The molecule has 2 aromatic rings. The minimum Gasteiger partial charge on any atom is -0.497 e. The van der Waals surface area contributed by atoms with Gasteiger partial charge in [0.05, 0.1) is 13.2 Å². The molecule has 0 saturated carbocycles. The van der Waals surface area contributed by atoms with E-state index in [9.17, 15) is 9.90 Å². The molecule has 3 nitrogen and oxygen atoms in total. The predicted octanol–water partition coefficient (Wildman–Crippen LogP) is 4.63. The van der Waals surface area contributed by atoms with E-state index in [-0.39, 0.29) is 5.41 Å². The summed E-state index contributed by atoms with van der Waals surface area (Å²) in [6.07, 6.45) is 1.84. The number of aldehydes is 1. The van der Waals surface area contributed by atoms with E-state index < -0.39 is 11.5 Å². The van der Waals surface area contributed by atoms with Crippen LogP contribution in [0.25, 0.3) is 10.1 Å². The second-order valence-electron chi connectivity index (χ2n) is 8.24. The SMILES string of the molecule is COc1ccc2sc(CC(C)(C)C=O)c(CC(O)C(C)(C)C)c2c1. The standard InChI is InChI=1S/C20H28O3S/c1-19(2,3)18(22)10-15-14-9-13(23-6)7-8-16(14)24-17(15)11-20(4,5)12-21/h7-9,12,18,22H,10-11H2,1-6H3. The number of hydrogen-bond acceptors (Lipinski definition) is 4. The summed E-state index contributed by atoms with van der Waals surface area (Å²) in [4.78, 5) is 12.6. The lowest BCUT2D eigenvalue weighted by molar-refractivity contribution is -0.114. The van der Waals surface area contributed by atoms with E-state index in [4.69, 9.17) is 4.74 Å². The van der Waals surface area contributed by atoms with Crippen molar-refractivity contribution < 1.29 is 14.6 Å². The van der Waals surface area contributed by atoms with Gasteiger partial charge in [-0.15, -0.1) is 11.3 Å². The van der Waals surface area contributed by atoms with Crippen LogP contribution in [0.4, 0.5) is 0 Å². The van der Waals surface area contributed by atoms with Crippen LogP contribution in [-0.4, -0.2) is 24.6 Å². The van der Waals surface area contributed by atoms with Gasteiger partial charge < -0.3 is 14.6 Å². The van der Waals surface area contributed by atoms with Crippen LogP contribution in [0.15, 0.2) is 18.2 Å². The summed E-state index contributed by atoms with van der Waals surface area (Å²) in [5, 5.41) is 11.8. The number of aliphatic hydroxyl groups excluding tert-OH is 1. The summed E-state index contributed by atoms with van der Waals surface area (Å²) in [5.41, 5.74) is 0.544. The predicted molar refractivity (Wildman–Crippen MR) is 101 cm³/mol. The van der Waals surface area contributed by atoms with Crippen LogP contribution in [0, 0.1) is 10.8 Å². The Bertz CT molecular complexity index is 722. The first-order valence-corrected chi connectivity index (χ1v) is 9.12. The van der Waals surface area contributed by atoms with E-state index in [0.717, 1.165) is 23.0 Å². The van der Waals surface area contributed by atoms with Crippen LogP contribution in [0.1, 0.15) is 45.1 Å². The molecular formula is C20H28O3S. The fourth-order valence-electron chi connectivity index (χ4n) is 2.63. The molecule has 0 saturated heterocycles. The van der Waals surface area contributed by atoms with E-state index in [1.54, 1.807) is 18.4 Å². The first kappa shape index (κ1) is 18.9. The lowest BCUT2D eigenvalue weighted by Crippen LogP contribution is -2.28. The lowest BCUT2D eigenvalue weighted by atomic mass is 9.83. The molecule has 0 aliphatic carbocycles. The zero-order valence-corrected chi connectivity index (χ0v) is 16.3. The van der Waals surface area contributed by atoms with Crippen LogP contribution >= 0.6 is 11.3 Å². The minimum atomic E-state index is -0.445. The van der Waals surface area contributed by atoms with Crippen molar-refractivity contribution in [3.63, 3.8) is 0 Å². The van der Waals surface area contributed by atoms with Crippen molar-refractivity contribution in [1.82, 2.24) is 0 Å². The largest absolute Gasteiger partial charge is 0.497 e. The Labute approximate surface area is 148 Å². The molecule has 1 N–H and O–H groups in total. The van der Waals surface area contributed by atoms with Crippen LogP contribution in [-0.2, 0) is 17.6 Å². The Morgan fingerprint density at radius 1 is 1.25 bits per heavy atom. The molecule has 0 fully saturated rings. The summed E-state index contributed by atoms with van der Waals surface area (Å²) in [6, 6.07) is 6.05. The zero-order valence-electron chi connectivity index (χ0n) is 15.5. The molecule has 0 radical (unpaired) electrons. The third-order valence-corrected chi connectivity index (χ3v) is 5.63. The number of rotatable bonds is 6. The van der Waals surface area contributed by atoms with Gasteiger partial charge >= 0.3 is 0 Å². The van der Waals surface area contributed by atoms with Crippen molar-refractivity contribution in [2.45, 2.75) is 53.6 Å². The molecule has 0 aliphatic heterocycles. The van der Waals surface area contributed by atoms with Gasteiger partial charge in [0.25, 0.3) is 0 Å². The molecule has 132 valence electrons. The number of ether oxygens (including phenoxy) is 1. The van der Waals surface area contributed by atoms with Crippen LogP contribution < -0.4 is 4.74 Å². The van der Waals surface area contributed by atoms with Gasteiger partial charge in [0.15, 0.2) is 0 Å². The highest BCUT2D eigenvalue weighted by atomic mass is 32.1. The molecule has 1 unspecified atom stereocenters. The highest BCUT2D eigenvalue weighted by Gasteiger charge is 2.27. The number of carbonyl (C=O) groups excluding carboxylic acids is 1. The van der Waals surface area contributed by atoms with Crippen LogP contribution in [0.2, 0.25) is 0 Å². The quantitative estimate of drug-likeness (QED) is 0.774. The highest BCUT2D eigenvalue weighted by Crippen LogP contribution is 2.39. The number of methoxy groups -OCH3 is 1. The zero-order chi connectivity index (χ0) is 18.1. The lowest BCUT2D eigenvalue weighted by Gasteiger charge is -2.26. The van der Waals surface area contributed by atoms with E-state index in [2.05, 4.69) is 6.07 Å². The Kier molecular flexibility index (Phi) is 5.41. The summed E-state index contributed by atoms with van der Waals surface area (Å²) >= 11 is 1.71. The van der Waals surface area contributed by atoms with Gasteiger partial charge in [-0.25, -0.2) is 0 Å². The first-order valence-electron chi connectivity index (χ1n) is 8.30. The fraction of sp³-hybridized carbons (Fsp3) is 0.550. The number of hydrogen-bond donors (Lipinski definition) is 1. The average Bonchev–Trinajstić information content (AvgIpc) is 2.82. The number of fused-ring (bicyclic) bond motifs is 1. The summed E-state index contributed by atoms with van der Waals surface area (Å²) in [6.45, 7) is 10.0. The highest BCUT2D eigenvalue weighted by molar-refractivity contribution is 7.19. The molecule has 0 amide bonds. The Morgan fingerprint density at radius 2 is 1.92 bits per heavy atom. The molecule has 1 heterocycles. The average molecular weight is 349 g/mol. The number of thiophene rings is 1. The van der Waals surface area contributed by atoms with Crippen LogP contribution in [0.3, 0.4) is 0 Å². The smallest absolute Gasteiger partial charge is 0.125 e. The van der Waals surface area contributed by atoms with E-state index in [1.165, 1.54) is 9.58 Å². The summed E-state index contributed by atoms with van der Waals surface area (Å²) < 4.78 is 6.54. The van der Waals surface area contributed by atoms with E-state index in [1.807, 2.05) is 46.8 Å². The third-order valence-electron chi connectivity index (χ3n) is 4.41. The maximum Gasteiger partial charge on any atom is 0.125 e. The third kappa shape index (κ3) is 4.17. The molecular weight excluding hydrogens is 320 g/mol. The van der Waals surface area contributed by atoms with Crippen molar-refractivity contribution in [3.05, 3.63) is 28.6 Å². The monoisotopic (exact) mass is 348 g/mol. The van der Waals surface area contributed by atoms with Crippen molar-refractivity contribution in [3.8, 4) is 5.75 Å². The maximum atomic E-state index is 11.4. The molecule has 1 aromatic heterocycles. The number of benzene rings is 1. The molecule has 0 bridgehead atoms. The van der Waals surface area contributed by atoms with E-state index in [0.29, 0.717) is 12.8 Å². The molecule has 2 rings (SSSR count). The van der Waals surface area contributed by atoms with Crippen LogP contribution in [0.5, 0.6) is 5.75 Å². The maximum absolute atomic E-state index is 11.4. The molecule has 0 spiro atoms. The molecule has 1 aromatic carbocycles. The van der Waals surface area contributed by atoms with Gasteiger partial charge in [-0.2, -0.15) is 0 Å². The fourth-order valence-corrected chi connectivity index (χ4v) is 4.08. The molecule has 24 heavy (non-hydrogen) atoms. The van der Waals surface area contributed by atoms with E-state index >= 15 is 0 Å². The second kappa shape index (κ2) is 6.85. The Hall–Kier alpha value is -1.39. The van der Waals surface area contributed by atoms with Crippen molar-refractivity contribution >= 4 is 27.7 Å². The van der Waals surface area contributed by atoms with Gasteiger partial charge in [-0.3, -0.25) is 0 Å². The minimum absolute atomic E-state index is 0.190. The summed E-state index contributed by atoms with van der Waals surface area (Å²) in [7, 11) is 1.66. The van der Waals surface area contributed by atoms with Gasteiger partial charge in [0.2, 0.25) is 0 Å². The number of aliphatic hydroxyl groups is 1. The Balaban J connectivity index is 2.55. The van der Waals surface area contributed by atoms with Gasteiger partial charge in [0.1, 0.15) is 12.0 Å². The molecule has 4 heteroatoms. The van der Waals surface area contributed by atoms with Crippen molar-refractivity contribution in [2.24, 2.45) is 10.8 Å². The first-order chi connectivity index (χ1) is 11.1.